The van der Waals surface area contributed by atoms with E-state index in [-0.39, 0.29) is 12.2 Å². The predicted octanol–water partition coefficient (Wildman–Crippen LogP) is 2.48. The Morgan fingerprint density at radius 3 is 2.71 bits per heavy atom. The van der Waals surface area contributed by atoms with E-state index in [0.29, 0.717) is 12.0 Å². The number of benzene rings is 1. The quantitative estimate of drug-likeness (QED) is 0.686. The van der Waals surface area contributed by atoms with Gasteiger partial charge in [0, 0.05) is 30.3 Å². The number of aromatic hydroxyl groups is 1. The summed E-state index contributed by atoms with van der Waals surface area (Å²) in [6.45, 7) is 1.88. The first kappa shape index (κ1) is 13.1. The molecular weight excluding hydrogens is 218 g/mol. The molecule has 0 spiro atoms. The minimum atomic E-state index is -0.870. The van der Waals surface area contributed by atoms with Crippen molar-refractivity contribution in [3.8, 4) is 5.75 Å². The van der Waals surface area contributed by atoms with Crippen LogP contribution in [-0.2, 0) is 11.2 Å². The van der Waals surface area contributed by atoms with Crippen LogP contribution in [0.3, 0.4) is 0 Å². The summed E-state index contributed by atoms with van der Waals surface area (Å²) in [6.07, 6.45) is 4.05. The maximum Gasteiger partial charge on any atom is 0.303 e. The molecule has 0 aliphatic heterocycles. The molecule has 1 aromatic rings. The summed E-state index contributed by atoms with van der Waals surface area (Å²) in [5.74, 6) is -0.732. The van der Waals surface area contributed by atoms with Gasteiger partial charge in [-0.15, -0.1) is 0 Å². The van der Waals surface area contributed by atoms with Gasteiger partial charge in [-0.05, 0) is 25.5 Å². The number of phenolic OH excluding ortho intramolecular Hbond substituents is 1. The zero-order chi connectivity index (χ0) is 12.8. The van der Waals surface area contributed by atoms with E-state index in [9.17, 15) is 9.90 Å². The normalized spacial score (nSPS) is 10.7. The average Bonchev–Trinajstić information content (AvgIpc) is 2.28. The van der Waals surface area contributed by atoms with E-state index in [4.69, 9.17) is 5.11 Å². The van der Waals surface area contributed by atoms with Gasteiger partial charge in [0.2, 0.25) is 0 Å². The second kappa shape index (κ2) is 5.94. The number of allylic oxidation sites excluding steroid dienone is 1. The lowest BCUT2D eigenvalue weighted by Gasteiger charge is -2.13. The van der Waals surface area contributed by atoms with Crippen LogP contribution in [0.5, 0.6) is 5.75 Å². The molecule has 0 saturated heterocycles. The van der Waals surface area contributed by atoms with Gasteiger partial charge in [0.05, 0.1) is 0 Å². The zero-order valence-electron chi connectivity index (χ0n) is 10.0. The van der Waals surface area contributed by atoms with Gasteiger partial charge in [0.15, 0.2) is 0 Å². The third-order valence-corrected chi connectivity index (χ3v) is 2.52. The van der Waals surface area contributed by atoms with Crippen LogP contribution in [0.2, 0.25) is 0 Å². The average molecular weight is 235 g/mol. The fourth-order valence-corrected chi connectivity index (χ4v) is 1.72. The van der Waals surface area contributed by atoms with Crippen molar-refractivity contribution in [2.24, 2.45) is 0 Å². The lowest BCUT2D eigenvalue weighted by molar-refractivity contribution is -0.136. The molecular formula is C13H17NO3. The molecule has 0 aromatic heterocycles. The Kier molecular flexibility index (Phi) is 4.57. The first-order valence-corrected chi connectivity index (χ1v) is 5.47. The van der Waals surface area contributed by atoms with E-state index in [1.165, 1.54) is 0 Å². The topological polar surface area (TPSA) is 69.6 Å². The summed E-state index contributed by atoms with van der Waals surface area (Å²) in [5.41, 5.74) is 2.38. The third kappa shape index (κ3) is 3.24. The highest BCUT2D eigenvalue weighted by atomic mass is 16.4. The molecule has 0 heterocycles. The lowest BCUT2D eigenvalue weighted by Crippen LogP contribution is -2.02. The Morgan fingerprint density at radius 2 is 2.18 bits per heavy atom. The standard InChI is InChI=1S/C13H17NO3/c1-3-4-9-10(5-8-13(16)17)12(15)7-6-11(9)14-2/h3-4,6-7,14-15H,5,8H2,1-2H3,(H,16,17)/b4-3+. The van der Waals surface area contributed by atoms with Crippen LogP contribution in [0, 0.1) is 0 Å². The van der Waals surface area contributed by atoms with E-state index >= 15 is 0 Å². The highest BCUT2D eigenvalue weighted by Gasteiger charge is 2.11. The fraction of sp³-hybridized carbons (Fsp3) is 0.308. The molecule has 0 atom stereocenters. The Hall–Kier alpha value is -1.97. The van der Waals surface area contributed by atoms with Crippen molar-refractivity contribution in [3.05, 3.63) is 29.3 Å². The summed E-state index contributed by atoms with van der Waals surface area (Å²) >= 11 is 0. The number of carboxylic acids is 1. The molecule has 0 aliphatic carbocycles. The van der Waals surface area contributed by atoms with Crippen LogP contribution < -0.4 is 5.32 Å². The van der Waals surface area contributed by atoms with E-state index in [0.717, 1.165) is 11.3 Å². The molecule has 4 heteroatoms. The van der Waals surface area contributed by atoms with Crippen molar-refractivity contribution in [1.29, 1.82) is 0 Å². The molecule has 0 amide bonds. The zero-order valence-corrected chi connectivity index (χ0v) is 10.0. The third-order valence-electron chi connectivity index (χ3n) is 2.52. The van der Waals surface area contributed by atoms with Crippen molar-refractivity contribution in [2.45, 2.75) is 19.8 Å². The van der Waals surface area contributed by atoms with E-state index in [1.807, 2.05) is 19.1 Å². The van der Waals surface area contributed by atoms with Crippen molar-refractivity contribution in [1.82, 2.24) is 0 Å². The number of hydrogen-bond acceptors (Lipinski definition) is 3. The largest absolute Gasteiger partial charge is 0.508 e. The number of rotatable bonds is 5. The minimum Gasteiger partial charge on any atom is -0.508 e. The van der Waals surface area contributed by atoms with Crippen molar-refractivity contribution in [2.75, 3.05) is 12.4 Å². The summed E-state index contributed by atoms with van der Waals surface area (Å²) in [5, 5.41) is 21.5. The summed E-state index contributed by atoms with van der Waals surface area (Å²) < 4.78 is 0. The van der Waals surface area contributed by atoms with Crippen LogP contribution in [-0.4, -0.2) is 23.2 Å². The molecule has 17 heavy (non-hydrogen) atoms. The molecule has 1 rings (SSSR count). The van der Waals surface area contributed by atoms with Gasteiger partial charge < -0.3 is 15.5 Å². The second-order valence-electron chi connectivity index (χ2n) is 3.67. The second-order valence-corrected chi connectivity index (χ2v) is 3.67. The van der Waals surface area contributed by atoms with Gasteiger partial charge in [-0.3, -0.25) is 4.79 Å². The number of phenols is 1. The van der Waals surface area contributed by atoms with Gasteiger partial charge >= 0.3 is 5.97 Å². The van der Waals surface area contributed by atoms with Crippen molar-refractivity contribution < 1.29 is 15.0 Å². The highest BCUT2D eigenvalue weighted by Crippen LogP contribution is 2.30. The van der Waals surface area contributed by atoms with Crippen molar-refractivity contribution >= 4 is 17.7 Å². The van der Waals surface area contributed by atoms with Crippen LogP contribution >= 0.6 is 0 Å². The number of hydrogen-bond donors (Lipinski definition) is 3. The predicted molar refractivity (Wildman–Crippen MR) is 68.3 cm³/mol. The minimum absolute atomic E-state index is 0.00524. The summed E-state index contributed by atoms with van der Waals surface area (Å²) in [4.78, 5) is 10.6. The Morgan fingerprint density at radius 1 is 1.47 bits per heavy atom. The fourth-order valence-electron chi connectivity index (χ4n) is 1.72. The van der Waals surface area contributed by atoms with Gasteiger partial charge in [0.25, 0.3) is 0 Å². The number of carbonyl (C=O) groups is 1. The Balaban J connectivity index is 3.18. The van der Waals surface area contributed by atoms with Gasteiger partial charge in [-0.1, -0.05) is 12.2 Å². The van der Waals surface area contributed by atoms with E-state index in [1.54, 1.807) is 19.2 Å². The molecule has 92 valence electrons. The highest BCUT2D eigenvalue weighted by molar-refractivity contribution is 5.73. The molecule has 3 N–H and O–H groups in total. The number of carboxylic acid groups (broad SMARTS) is 1. The smallest absolute Gasteiger partial charge is 0.303 e. The van der Waals surface area contributed by atoms with E-state index in [2.05, 4.69) is 5.32 Å². The van der Waals surface area contributed by atoms with Crippen LogP contribution in [0.1, 0.15) is 24.5 Å². The molecule has 4 nitrogen and oxygen atoms in total. The van der Waals surface area contributed by atoms with Gasteiger partial charge in [-0.25, -0.2) is 0 Å². The molecule has 0 aliphatic rings. The Bertz CT molecular complexity index is 439. The lowest BCUT2D eigenvalue weighted by atomic mass is 9.99. The first-order chi connectivity index (χ1) is 8.10. The van der Waals surface area contributed by atoms with Crippen LogP contribution in [0.25, 0.3) is 6.08 Å². The molecule has 0 saturated carbocycles. The molecule has 0 fully saturated rings. The maximum absolute atomic E-state index is 10.6. The molecule has 0 radical (unpaired) electrons. The SMILES string of the molecule is C/C=C/c1c(NC)ccc(O)c1CCC(=O)O. The monoisotopic (exact) mass is 235 g/mol. The summed E-state index contributed by atoms with van der Waals surface area (Å²) in [6, 6.07) is 3.35. The first-order valence-electron chi connectivity index (χ1n) is 5.47. The summed E-state index contributed by atoms with van der Waals surface area (Å²) in [7, 11) is 1.79. The van der Waals surface area contributed by atoms with Crippen molar-refractivity contribution in [3.63, 3.8) is 0 Å². The van der Waals surface area contributed by atoms with Gasteiger partial charge in [-0.2, -0.15) is 0 Å². The molecule has 1 aromatic carbocycles. The molecule has 0 unspecified atom stereocenters. The maximum atomic E-state index is 10.6. The van der Waals surface area contributed by atoms with E-state index < -0.39 is 5.97 Å². The number of aliphatic carboxylic acids is 1. The molecule has 0 bridgehead atoms. The number of nitrogens with one attached hydrogen (secondary N) is 1. The van der Waals surface area contributed by atoms with Crippen LogP contribution in [0.4, 0.5) is 5.69 Å². The number of anilines is 1. The van der Waals surface area contributed by atoms with Crippen LogP contribution in [0.15, 0.2) is 18.2 Å². The van der Waals surface area contributed by atoms with Gasteiger partial charge in [0.1, 0.15) is 5.75 Å². The Labute approximate surface area is 101 Å².